The Hall–Kier alpha value is -3.19. The van der Waals surface area contributed by atoms with Gasteiger partial charge in [-0.1, -0.05) is 30.3 Å². The van der Waals surface area contributed by atoms with E-state index in [1.807, 2.05) is 34.9 Å². The number of Topliss-reactive ketones (excluding diaryl/α,β-unsaturated/α-hetero) is 2. The molecule has 0 unspecified atom stereocenters. The molecule has 5 N–H and O–H groups in total. The van der Waals surface area contributed by atoms with Gasteiger partial charge in [0.25, 0.3) is 0 Å². The highest BCUT2D eigenvalue weighted by atomic mass is 16.2. The number of fused-ring (bicyclic) bond motifs is 3. The van der Waals surface area contributed by atoms with Gasteiger partial charge in [-0.2, -0.15) is 0 Å². The van der Waals surface area contributed by atoms with Crippen molar-refractivity contribution >= 4 is 17.5 Å². The lowest BCUT2D eigenvalue weighted by molar-refractivity contribution is -0.121. The molecule has 28 heavy (non-hydrogen) atoms. The van der Waals surface area contributed by atoms with Gasteiger partial charge < -0.3 is 21.4 Å². The number of benzene rings is 1. The van der Waals surface area contributed by atoms with Crippen molar-refractivity contribution in [3.05, 3.63) is 69.7 Å². The largest absolute Gasteiger partial charge is 0.395 e. The number of nitrogens with two attached hydrogens (primary N) is 2. The molecule has 1 aromatic carbocycles. The fourth-order valence-corrected chi connectivity index (χ4v) is 4.14. The van der Waals surface area contributed by atoms with Crippen LogP contribution in [0, 0.1) is 0 Å². The topological polar surface area (TPSA) is 120 Å². The molecule has 4 rings (SSSR count). The fourth-order valence-electron chi connectivity index (χ4n) is 4.14. The predicted octanol–water partition coefficient (Wildman–Crippen LogP) is 0.842. The lowest BCUT2D eigenvalue weighted by Gasteiger charge is -2.18. The van der Waals surface area contributed by atoms with Crippen LogP contribution < -0.4 is 16.8 Å². The van der Waals surface area contributed by atoms with Gasteiger partial charge in [0.1, 0.15) is 5.69 Å². The molecule has 7 heteroatoms. The van der Waals surface area contributed by atoms with Crippen molar-refractivity contribution in [2.45, 2.75) is 38.9 Å². The minimum Gasteiger partial charge on any atom is -0.395 e. The van der Waals surface area contributed by atoms with Gasteiger partial charge in [0.15, 0.2) is 0 Å². The van der Waals surface area contributed by atoms with Crippen LogP contribution >= 0.6 is 0 Å². The molecule has 1 amide bonds. The lowest BCUT2D eigenvalue weighted by Crippen LogP contribution is -2.37. The summed E-state index contributed by atoms with van der Waals surface area (Å²) >= 11 is 0. The number of hydrogen-bond donors (Lipinski definition) is 3. The smallest absolute Gasteiger partial charge is 0.224 e. The predicted molar refractivity (Wildman–Crippen MR) is 104 cm³/mol. The van der Waals surface area contributed by atoms with Crippen LogP contribution in [0.25, 0.3) is 0 Å². The SMILES string of the molecule is CC1=C(N)C(=O)c2c(CN)c3n(c2C1=O)C[C@H](NC(=O)Cc1ccccc1)C3. The number of rotatable bonds is 4. The number of carbonyl (C=O) groups is 3. The summed E-state index contributed by atoms with van der Waals surface area (Å²) in [5.74, 6) is -0.656. The molecule has 1 atom stereocenters. The summed E-state index contributed by atoms with van der Waals surface area (Å²) in [5.41, 5.74) is 15.1. The second-order valence-corrected chi connectivity index (χ2v) is 7.29. The van der Waals surface area contributed by atoms with Crippen LogP contribution in [0.2, 0.25) is 0 Å². The van der Waals surface area contributed by atoms with Crippen LogP contribution in [0.1, 0.15) is 44.6 Å². The second-order valence-electron chi connectivity index (χ2n) is 7.29. The molecular formula is C21H22N4O3. The van der Waals surface area contributed by atoms with E-state index in [2.05, 4.69) is 5.32 Å². The molecule has 2 aromatic rings. The highest BCUT2D eigenvalue weighted by Crippen LogP contribution is 2.35. The Morgan fingerprint density at radius 2 is 1.93 bits per heavy atom. The van der Waals surface area contributed by atoms with E-state index in [0.717, 1.165) is 11.3 Å². The van der Waals surface area contributed by atoms with E-state index in [4.69, 9.17) is 11.5 Å². The van der Waals surface area contributed by atoms with Crippen molar-refractivity contribution < 1.29 is 14.4 Å². The normalized spacial score (nSPS) is 18.3. The van der Waals surface area contributed by atoms with E-state index in [0.29, 0.717) is 36.2 Å². The first-order valence-electron chi connectivity index (χ1n) is 9.25. The van der Waals surface area contributed by atoms with Gasteiger partial charge in [-0.3, -0.25) is 14.4 Å². The lowest BCUT2D eigenvalue weighted by atomic mass is 9.90. The molecule has 2 aliphatic rings. The molecule has 144 valence electrons. The van der Waals surface area contributed by atoms with Gasteiger partial charge in [0, 0.05) is 30.8 Å². The molecule has 0 saturated carbocycles. The third kappa shape index (κ3) is 2.75. The zero-order valence-corrected chi connectivity index (χ0v) is 15.6. The first-order chi connectivity index (χ1) is 13.4. The maximum Gasteiger partial charge on any atom is 0.224 e. The molecule has 0 saturated heterocycles. The number of amides is 1. The van der Waals surface area contributed by atoms with Crippen LogP contribution in [0.3, 0.4) is 0 Å². The third-order valence-corrected chi connectivity index (χ3v) is 5.53. The van der Waals surface area contributed by atoms with E-state index in [-0.39, 0.29) is 41.3 Å². The van der Waals surface area contributed by atoms with Crippen LogP contribution in [0.5, 0.6) is 0 Å². The number of ketones is 2. The zero-order valence-electron chi connectivity index (χ0n) is 15.6. The molecule has 1 aromatic heterocycles. The summed E-state index contributed by atoms with van der Waals surface area (Å²) in [5, 5.41) is 3.03. The average Bonchev–Trinajstić information content (AvgIpc) is 3.21. The highest BCUT2D eigenvalue weighted by molar-refractivity contribution is 6.26. The molecule has 0 spiro atoms. The number of carbonyl (C=O) groups excluding carboxylic acids is 3. The first kappa shape index (κ1) is 18.2. The molecular weight excluding hydrogens is 356 g/mol. The van der Waals surface area contributed by atoms with Crippen LogP contribution in [0.4, 0.5) is 0 Å². The van der Waals surface area contributed by atoms with Crippen LogP contribution in [0.15, 0.2) is 41.6 Å². The van der Waals surface area contributed by atoms with Crippen molar-refractivity contribution in [2.24, 2.45) is 11.5 Å². The number of aromatic nitrogens is 1. The quantitative estimate of drug-likeness (QED) is 0.728. The van der Waals surface area contributed by atoms with Crippen LogP contribution in [-0.2, 0) is 30.7 Å². The van der Waals surface area contributed by atoms with Crippen molar-refractivity contribution in [2.75, 3.05) is 0 Å². The summed E-state index contributed by atoms with van der Waals surface area (Å²) in [6.45, 7) is 2.14. The van der Waals surface area contributed by atoms with Crippen molar-refractivity contribution in [1.82, 2.24) is 9.88 Å². The summed E-state index contributed by atoms with van der Waals surface area (Å²) in [6, 6.07) is 9.37. The van der Waals surface area contributed by atoms with Crippen molar-refractivity contribution in [3.8, 4) is 0 Å². The summed E-state index contributed by atoms with van der Waals surface area (Å²) in [4.78, 5) is 37.8. The average molecular weight is 378 g/mol. The van der Waals surface area contributed by atoms with E-state index in [1.54, 1.807) is 6.92 Å². The third-order valence-electron chi connectivity index (χ3n) is 5.53. The van der Waals surface area contributed by atoms with E-state index < -0.39 is 0 Å². The number of hydrogen-bond acceptors (Lipinski definition) is 5. The summed E-state index contributed by atoms with van der Waals surface area (Å²) < 4.78 is 1.83. The molecule has 0 radical (unpaired) electrons. The van der Waals surface area contributed by atoms with Gasteiger partial charge >= 0.3 is 0 Å². The summed E-state index contributed by atoms with van der Waals surface area (Å²) in [6.07, 6.45) is 0.823. The van der Waals surface area contributed by atoms with Gasteiger partial charge in [-0.15, -0.1) is 0 Å². The minimum atomic E-state index is -0.334. The van der Waals surface area contributed by atoms with Crippen molar-refractivity contribution in [3.63, 3.8) is 0 Å². The number of nitrogens with one attached hydrogen (secondary N) is 1. The number of allylic oxidation sites excluding steroid dienone is 2. The van der Waals surface area contributed by atoms with E-state index in [1.165, 1.54) is 0 Å². The van der Waals surface area contributed by atoms with Crippen molar-refractivity contribution in [1.29, 1.82) is 0 Å². The Balaban J connectivity index is 1.58. The molecule has 2 heterocycles. The zero-order chi connectivity index (χ0) is 20.0. The van der Waals surface area contributed by atoms with E-state index in [9.17, 15) is 14.4 Å². The second kappa shape index (κ2) is 6.76. The maximum atomic E-state index is 12.8. The monoisotopic (exact) mass is 378 g/mol. The molecule has 0 bridgehead atoms. The van der Waals surface area contributed by atoms with E-state index >= 15 is 0 Å². The Kier molecular flexibility index (Phi) is 4.39. The Bertz CT molecular complexity index is 1030. The minimum absolute atomic E-state index is 0.0100. The molecule has 1 aliphatic carbocycles. The molecule has 1 aliphatic heterocycles. The van der Waals surface area contributed by atoms with Gasteiger partial charge in [-0.25, -0.2) is 0 Å². The number of nitrogens with zero attached hydrogens (tertiary/aromatic N) is 1. The highest BCUT2D eigenvalue weighted by Gasteiger charge is 2.40. The Labute approximate surface area is 162 Å². The van der Waals surface area contributed by atoms with Gasteiger partial charge in [0.2, 0.25) is 17.5 Å². The maximum absolute atomic E-state index is 12.8. The molecule has 7 nitrogen and oxygen atoms in total. The van der Waals surface area contributed by atoms with Gasteiger partial charge in [0.05, 0.1) is 23.7 Å². The molecule has 0 fully saturated rings. The Morgan fingerprint density at radius 1 is 1.21 bits per heavy atom. The summed E-state index contributed by atoms with van der Waals surface area (Å²) in [7, 11) is 0. The first-order valence-corrected chi connectivity index (χ1v) is 9.25. The fraction of sp³-hybridized carbons (Fsp3) is 0.286. The van der Waals surface area contributed by atoms with Gasteiger partial charge in [-0.05, 0) is 18.1 Å². The standard InChI is InChI=1S/C21H22N4O3/c1-11-18(23)21(28)17-14(9-22)15-8-13(10-25(15)19(17)20(11)27)24-16(26)7-12-5-3-2-4-6-12/h2-6,13H,7-10,22-23H2,1H3,(H,24,26)/t13-/m1/s1. The van der Waals surface area contributed by atoms with Crippen LogP contribution in [-0.4, -0.2) is 28.1 Å². The Morgan fingerprint density at radius 3 is 2.61 bits per heavy atom.